The van der Waals surface area contributed by atoms with Gasteiger partial charge in [0.2, 0.25) is 0 Å². The van der Waals surface area contributed by atoms with E-state index in [1.165, 1.54) is 41.8 Å². The van der Waals surface area contributed by atoms with E-state index in [4.69, 9.17) is 4.74 Å². The molecule has 25 heavy (non-hydrogen) atoms. The van der Waals surface area contributed by atoms with Crippen LogP contribution in [0.1, 0.15) is 43.0 Å². The van der Waals surface area contributed by atoms with E-state index in [9.17, 15) is 0 Å². The Morgan fingerprint density at radius 2 is 2.00 bits per heavy atom. The summed E-state index contributed by atoms with van der Waals surface area (Å²) in [5.41, 5.74) is 8.21. The summed E-state index contributed by atoms with van der Waals surface area (Å²) in [4.78, 5) is 2.68. The van der Waals surface area contributed by atoms with Gasteiger partial charge < -0.3 is 4.74 Å². The molecule has 1 heterocycles. The van der Waals surface area contributed by atoms with Gasteiger partial charge in [-0.3, -0.25) is 4.90 Å². The van der Waals surface area contributed by atoms with Crippen LogP contribution in [0.25, 0.3) is 11.1 Å². The van der Waals surface area contributed by atoms with E-state index < -0.39 is 0 Å². The molecular formula is C23H27NO. The quantitative estimate of drug-likeness (QED) is 0.700. The molecule has 1 unspecified atom stereocenters. The number of nitrogens with zero attached hydrogens (tertiary/aromatic N) is 1. The van der Waals surface area contributed by atoms with Crippen LogP contribution >= 0.6 is 0 Å². The zero-order chi connectivity index (χ0) is 17.4. The minimum absolute atomic E-state index is 0.517. The second kappa shape index (κ2) is 6.68. The SMILES string of the molecule is C=C(C)COc1cccc2c1-c1cccc3c1C(C2)N(CCC)CC3. The number of rotatable bonds is 5. The van der Waals surface area contributed by atoms with Gasteiger partial charge in [-0.25, -0.2) is 0 Å². The summed E-state index contributed by atoms with van der Waals surface area (Å²) in [5, 5.41) is 0. The molecule has 0 fully saturated rings. The molecule has 0 saturated heterocycles. The molecule has 2 aromatic rings. The van der Waals surface area contributed by atoms with E-state index >= 15 is 0 Å². The van der Waals surface area contributed by atoms with Crippen molar-refractivity contribution in [2.45, 2.75) is 39.2 Å². The van der Waals surface area contributed by atoms with Crippen LogP contribution in [-0.4, -0.2) is 24.6 Å². The van der Waals surface area contributed by atoms with E-state index in [0.717, 1.165) is 24.2 Å². The van der Waals surface area contributed by atoms with Gasteiger partial charge in [0.1, 0.15) is 12.4 Å². The van der Waals surface area contributed by atoms with Crippen molar-refractivity contribution in [1.82, 2.24) is 4.90 Å². The zero-order valence-electron chi connectivity index (χ0n) is 15.3. The lowest BCUT2D eigenvalue weighted by Gasteiger charge is -2.42. The van der Waals surface area contributed by atoms with Crippen LogP contribution in [0.3, 0.4) is 0 Å². The first-order chi connectivity index (χ1) is 12.2. The van der Waals surface area contributed by atoms with Gasteiger partial charge in [0.25, 0.3) is 0 Å². The van der Waals surface area contributed by atoms with Gasteiger partial charge in [-0.1, -0.05) is 43.8 Å². The maximum absolute atomic E-state index is 6.11. The predicted octanol–water partition coefficient (Wildman–Crippen LogP) is 5.17. The Bertz CT molecular complexity index is 808. The number of hydrogen-bond acceptors (Lipinski definition) is 2. The maximum atomic E-state index is 6.11. The van der Waals surface area contributed by atoms with Gasteiger partial charge in [-0.05, 0) is 66.6 Å². The highest BCUT2D eigenvalue weighted by molar-refractivity contribution is 5.80. The molecule has 130 valence electrons. The highest BCUT2D eigenvalue weighted by Gasteiger charge is 2.34. The molecular weight excluding hydrogens is 306 g/mol. The molecule has 2 heteroatoms. The minimum Gasteiger partial charge on any atom is -0.489 e. The van der Waals surface area contributed by atoms with Crippen molar-refractivity contribution < 1.29 is 4.74 Å². The Morgan fingerprint density at radius 1 is 1.20 bits per heavy atom. The number of benzene rings is 2. The van der Waals surface area contributed by atoms with Gasteiger partial charge in [-0.2, -0.15) is 0 Å². The van der Waals surface area contributed by atoms with Crippen molar-refractivity contribution in [3.8, 4) is 16.9 Å². The second-order valence-corrected chi connectivity index (χ2v) is 7.42. The average Bonchev–Trinajstić information content (AvgIpc) is 2.62. The lowest BCUT2D eigenvalue weighted by atomic mass is 9.77. The van der Waals surface area contributed by atoms with Crippen LogP contribution in [0, 0.1) is 0 Å². The zero-order valence-corrected chi connectivity index (χ0v) is 15.3. The van der Waals surface area contributed by atoms with Crippen LogP contribution in [0.2, 0.25) is 0 Å². The van der Waals surface area contributed by atoms with E-state index in [1.807, 2.05) is 6.92 Å². The summed E-state index contributed by atoms with van der Waals surface area (Å²) in [5.74, 6) is 1.000. The molecule has 2 aliphatic rings. The molecule has 0 radical (unpaired) electrons. The van der Waals surface area contributed by atoms with Crippen LogP contribution < -0.4 is 4.74 Å². The smallest absolute Gasteiger partial charge is 0.127 e. The maximum Gasteiger partial charge on any atom is 0.127 e. The van der Waals surface area contributed by atoms with Gasteiger partial charge in [-0.15, -0.1) is 0 Å². The molecule has 0 amide bonds. The fourth-order valence-corrected chi connectivity index (χ4v) is 4.41. The summed E-state index contributed by atoms with van der Waals surface area (Å²) < 4.78 is 6.11. The predicted molar refractivity (Wildman–Crippen MR) is 104 cm³/mol. The summed E-state index contributed by atoms with van der Waals surface area (Å²) in [7, 11) is 0. The summed E-state index contributed by atoms with van der Waals surface area (Å²) in [6.45, 7) is 11.2. The van der Waals surface area contributed by atoms with E-state index in [1.54, 1.807) is 5.56 Å². The highest BCUT2D eigenvalue weighted by atomic mass is 16.5. The van der Waals surface area contributed by atoms with Crippen molar-refractivity contribution >= 4 is 0 Å². The Kier molecular flexibility index (Phi) is 4.39. The first kappa shape index (κ1) is 16.4. The van der Waals surface area contributed by atoms with Crippen molar-refractivity contribution in [3.63, 3.8) is 0 Å². The third-order valence-electron chi connectivity index (χ3n) is 5.42. The second-order valence-electron chi connectivity index (χ2n) is 7.42. The van der Waals surface area contributed by atoms with E-state index in [0.29, 0.717) is 12.6 Å². The molecule has 1 aliphatic heterocycles. The fraction of sp³-hybridized carbons (Fsp3) is 0.391. The van der Waals surface area contributed by atoms with Crippen molar-refractivity contribution in [2.24, 2.45) is 0 Å². The number of ether oxygens (including phenoxy) is 1. The van der Waals surface area contributed by atoms with Crippen LogP contribution in [-0.2, 0) is 12.8 Å². The number of fused-ring (bicyclic) bond motifs is 2. The summed E-state index contributed by atoms with van der Waals surface area (Å²) in [6.07, 6.45) is 3.45. The molecule has 4 rings (SSSR count). The van der Waals surface area contributed by atoms with Gasteiger partial charge >= 0.3 is 0 Å². The normalized spacial score (nSPS) is 18.4. The van der Waals surface area contributed by atoms with Crippen molar-refractivity contribution in [2.75, 3.05) is 19.7 Å². The highest BCUT2D eigenvalue weighted by Crippen LogP contribution is 2.48. The van der Waals surface area contributed by atoms with Gasteiger partial charge in [0.05, 0.1) is 0 Å². The van der Waals surface area contributed by atoms with E-state index in [2.05, 4.69) is 54.8 Å². The lowest BCUT2D eigenvalue weighted by Crippen LogP contribution is -2.38. The Balaban J connectivity index is 1.83. The fourth-order valence-electron chi connectivity index (χ4n) is 4.41. The van der Waals surface area contributed by atoms with Gasteiger partial charge in [0, 0.05) is 18.2 Å². The molecule has 0 saturated carbocycles. The minimum atomic E-state index is 0.517. The molecule has 0 N–H and O–H groups in total. The molecule has 2 nitrogen and oxygen atoms in total. The van der Waals surface area contributed by atoms with Gasteiger partial charge in [0.15, 0.2) is 0 Å². The largest absolute Gasteiger partial charge is 0.489 e. The van der Waals surface area contributed by atoms with Crippen LogP contribution in [0.15, 0.2) is 48.6 Å². The molecule has 1 atom stereocenters. The molecule has 1 aliphatic carbocycles. The molecule has 0 bridgehead atoms. The van der Waals surface area contributed by atoms with Crippen molar-refractivity contribution in [1.29, 1.82) is 0 Å². The first-order valence-corrected chi connectivity index (χ1v) is 9.44. The Hall–Kier alpha value is -2.06. The monoisotopic (exact) mass is 333 g/mol. The topological polar surface area (TPSA) is 12.5 Å². The lowest BCUT2D eigenvalue weighted by molar-refractivity contribution is 0.183. The molecule has 2 aromatic carbocycles. The first-order valence-electron chi connectivity index (χ1n) is 9.44. The summed E-state index contributed by atoms with van der Waals surface area (Å²) in [6, 6.07) is 13.8. The van der Waals surface area contributed by atoms with Crippen LogP contribution in [0.4, 0.5) is 0 Å². The Morgan fingerprint density at radius 3 is 2.80 bits per heavy atom. The summed E-state index contributed by atoms with van der Waals surface area (Å²) >= 11 is 0. The number of hydrogen-bond donors (Lipinski definition) is 0. The van der Waals surface area contributed by atoms with Crippen LogP contribution in [0.5, 0.6) is 5.75 Å². The standard InChI is InChI=1S/C23H27NO/c1-4-12-24-13-11-17-7-5-9-19-22(17)20(24)14-18-8-6-10-21(23(18)19)25-15-16(2)3/h5-10,20H,2,4,11-15H2,1,3H3. The average molecular weight is 333 g/mol. The van der Waals surface area contributed by atoms with E-state index in [-0.39, 0.29) is 0 Å². The van der Waals surface area contributed by atoms with Crippen molar-refractivity contribution in [3.05, 3.63) is 65.2 Å². The molecule has 0 aromatic heterocycles. The molecule has 0 spiro atoms. The third kappa shape index (κ3) is 2.89. The third-order valence-corrected chi connectivity index (χ3v) is 5.42. The Labute approximate surface area is 151 Å².